The number of fused-ring (bicyclic) bond motifs is 1. The van der Waals surface area contributed by atoms with Crippen LogP contribution in [0, 0.1) is 11.6 Å². The summed E-state index contributed by atoms with van der Waals surface area (Å²) in [5.41, 5.74) is 10.4. The number of nitrogens with two attached hydrogens (primary N) is 1. The fraction of sp³-hybridized carbons (Fsp3) is 0.429. The van der Waals surface area contributed by atoms with Crippen molar-refractivity contribution in [2.24, 2.45) is 5.73 Å². The number of hydrogen-bond donors (Lipinski definition) is 3. The molecule has 2 aliphatic rings. The summed E-state index contributed by atoms with van der Waals surface area (Å²) in [7, 11) is 0. The maximum atomic E-state index is 14.7. The van der Waals surface area contributed by atoms with Crippen LogP contribution in [-0.4, -0.2) is 55.4 Å². The molecule has 0 aliphatic carbocycles. The molecule has 4 heterocycles. The van der Waals surface area contributed by atoms with Gasteiger partial charge in [-0.25, -0.2) is 8.78 Å². The van der Waals surface area contributed by atoms with Gasteiger partial charge in [0.1, 0.15) is 11.6 Å². The van der Waals surface area contributed by atoms with E-state index in [9.17, 15) is 8.78 Å². The third kappa shape index (κ3) is 3.64. The average molecular weight is 413 g/mol. The van der Waals surface area contributed by atoms with Crippen molar-refractivity contribution in [2.45, 2.75) is 44.1 Å². The highest BCUT2D eigenvalue weighted by atomic mass is 19.1. The largest absolute Gasteiger partial charge is 0.326 e. The Morgan fingerprint density at radius 2 is 2.07 bits per heavy atom. The van der Waals surface area contributed by atoms with Crippen molar-refractivity contribution in [1.82, 2.24) is 30.2 Å². The topological polar surface area (TPSA) is 89.9 Å². The van der Waals surface area contributed by atoms with Crippen molar-refractivity contribution in [3.05, 3.63) is 70.8 Å². The van der Waals surface area contributed by atoms with Crippen LogP contribution in [0.5, 0.6) is 0 Å². The van der Waals surface area contributed by atoms with Crippen molar-refractivity contribution in [2.75, 3.05) is 13.1 Å². The number of aromatic amines is 2. The molecule has 1 saturated heterocycles. The molecule has 7 nitrogen and oxygen atoms in total. The summed E-state index contributed by atoms with van der Waals surface area (Å²) in [4.78, 5) is 4.60. The van der Waals surface area contributed by atoms with E-state index in [0.717, 1.165) is 49.8 Å². The van der Waals surface area contributed by atoms with E-state index in [1.54, 1.807) is 6.20 Å². The van der Waals surface area contributed by atoms with Gasteiger partial charge in [-0.15, -0.1) is 0 Å². The van der Waals surface area contributed by atoms with Crippen LogP contribution in [0.3, 0.4) is 0 Å². The average Bonchev–Trinajstić information content (AvgIpc) is 3.45. The highest BCUT2D eigenvalue weighted by molar-refractivity contribution is 5.26. The number of likely N-dealkylation sites (tertiary alicyclic amines) is 1. The molecule has 0 spiro atoms. The molecule has 9 heteroatoms. The number of aromatic nitrogens is 4. The van der Waals surface area contributed by atoms with Gasteiger partial charge in [-0.05, 0) is 36.6 Å². The van der Waals surface area contributed by atoms with Gasteiger partial charge in [-0.2, -0.15) is 10.2 Å². The van der Waals surface area contributed by atoms with E-state index in [1.165, 1.54) is 17.7 Å². The van der Waals surface area contributed by atoms with Gasteiger partial charge in [0.2, 0.25) is 0 Å². The van der Waals surface area contributed by atoms with Gasteiger partial charge in [0.25, 0.3) is 0 Å². The molecule has 4 N–H and O–H groups in total. The molecule has 3 aromatic rings. The Morgan fingerprint density at radius 3 is 2.87 bits per heavy atom. The zero-order valence-electron chi connectivity index (χ0n) is 16.6. The van der Waals surface area contributed by atoms with Crippen LogP contribution in [0.15, 0.2) is 36.8 Å². The molecule has 2 aliphatic heterocycles. The number of nitrogens with zero attached hydrogens (tertiary/aromatic N) is 4. The Balaban J connectivity index is 1.40. The maximum absolute atomic E-state index is 14.7. The number of nitrogens with one attached hydrogen (secondary N) is 2. The predicted molar refractivity (Wildman–Crippen MR) is 107 cm³/mol. The lowest BCUT2D eigenvalue weighted by atomic mass is 9.87. The lowest BCUT2D eigenvalue weighted by molar-refractivity contribution is 0.0421. The minimum atomic E-state index is -0.443. The number of halogens is 2. The van der Waals surface area contributed by atoms with Gasteiger partial charge in [0.15, 0.2) is 0 Å². The predicted octanol–water partition coefficient (Wildman–Crippen LogP) is 2.11. The van der Waals surface area contributed by atoms with Crippen LogP contribution in [0.1, 0.15) is 34.8 Å². The van der Waals surface area contributed by atoms with Crippen molar-refractivity contribution in [3.63, 3.8) is 0 Å². The first kappa shape index (κ1) is 19.3. The third-order valence-electron chi connectivity index (χ3n) is 6.37. The van der Waals surface area contributed by atoms with Crippen molar-refractivity contribution in [3.8, 4) is 0 Å². The normalized spacial score (nSPS) is 25.0. The molecule has 158 valence electrons. The van der Waals surface area contributed by atoms with Crippen LogP contribution in [0.2, 0.25) is 0 Å². The van der Waals surface area contributed by atoms with Crippen molar-refractivity contribution >= 4 is 0 Å². The van der Waals surface area contributed by atoms with Crippen LogP contribution < -0.4 is 5.73 Å². The SMILES string of the molecule is NC1CC(N2Cc3cn[nH]c3C2)CN(CCc2cn[nH]c2)C1c1cc(F)ccc1F. The smallest absolute Gasteiger partial charge is 0.128 e. The fourth-order valence-electron chi connectivity index (χ4n) is 4.87. The van der Waals surface area contributed by atoms with Gasteiger partial charge < -0.3 is 5.73 Å². The molecule has 0 radical (unpaired) electrons. The minimum Gasteiger partial charge on any atom is -0.326 e. The first-order valence-electron chi connectivity index (χ1n) is 10.3. The summed E-state index contributed by atoms with van der Waals surface area (Å²) in [5, 5.41) is 14.0. The number of rotatable bonds is 5. The van der Waals surface area contributed by atoms with Crippen LogP contribution in [0.4, 0.5) is 8.78 Å². The molecular weight excluding hydrogens is 388 g/mol. The Bertz CT molecular complexity index is 982. The summed E-state index contributed by atoms with van der Waals surface area (Å²) < 4.78 is 28.6. The molecule has 30 heavy (non-hydrogen) atoms. The summed E-state index contributed by atoms with van der Waals surface area (Å²) in [6.07, 6.45) is 7.00. The molecule has 3 unspecified atom stereocenters. The standard InChI is InChI=1S/C21H25F2N7/c22-15-1-2-18(23)17(5-15)21-19(24)6-16(30-10-14-9-27-28-20(14)12-30)11-29(21)4-3-13-7-25-26-8-13/h1-2,5,7-9,16,19,21H,3-4,6,10-12,24H2,(H,25,26)(H,27,28). The molecule has 0 bridgehead atoms. The Hall–Kier alpha value is -2.62. The Kier molecular flexibility index (Phi) is 5.10. The molecule has 0 saturated carbocycles. The van der Waals surface area contributed by atoms with Crippen molar-refractivity contribution < 1.29 is 8.78 Å². The third-order valence-corrected chi connectivity index (χ3v) is 6.37. The molecule has 1 aromatic carbocycles. The summed E-state index contributed by atoms with van der Waals surface area (Å²) in [6.45, 7) is 3.06. The monoisotopic (exact) mass is 413 g/mol. The number of H-pyrrole nitrogens is 2. The minimum absolute atomic E-state index is 0.234. The lowest BCUT2D eigenvalue weighted by Crippen LogP contribution is -2.56. The Morgan fingerprint density at radius 1 is 1.17 bits per heavy atom. The van der Waals surface area contributed by atoms with E-state index < -0.39 is 11.6 Å². The second kappa shape index (κ2) is 7.90. The highest BCUT2D eigenvalue weighted by Gasteiger charge is 2.40. The van der Waals surface area contributed by atoms with Gasteiger partial charge in [-0.3, -0.25) is 20.0 Å². The summed E-state index contributed by atoms with van der Waals surface area (Å²) in [6, 6.07) is 3.19. The van der Waals surface area contributed by atoms with E-state index in [4.69, 9.17) is 5.73 Å². The van der Waals surface area contributed by atoms with Crippen molar-refractivity contribution in [1.29, 1.82) is 0 Å². The van der Waals surface area contributed by atoms with Gasteiger partial charge >= 0.3 is 0 Å². The van der Waals surface area contributed by atoms with Crippen LogP contribution in [-0.2, 0) is 19.5 Å². The van der Waals surface area contributed by atoms with E-state index in [0.29, 0.717) is 12.1 Å². The van der Waals surface area contributed by atoms with Gasteiger partial charge in [-0.1, -0.05) is 0 Å². The van der Waals surface area contributed by atoms with E-state index in [2.05, 4.69) is 30.2 Å². The van der Waals surface area contributed by atoms with E-state index in [1.807, 2.05) is 12.4 Å². The molecule has 1 fully saturated rings. The lowest BCUT2D eigenvalue weighted by Gasteiger charge is -2.46. The molecule has 3 atom stereocenters. The van der Waals surface area contributed by atoms with E-state index >= 15 is 0 Å². The summed E-state index contributed by atoms with van der Waals surface area (Å²) in [5.74, 6) is -0.855. The molecular formula is C21H25F2N7. The number of benzene rings is 1. The second-order valence-electron chi connectivity index (χ2n) is 8.29. The molecule has 2 aromatic heterocycles. The second-order valence-corrected chi connectivity index (χ2v) is 8.29. The first-order valence-corrected chi connectivity index (χ1v) is 10.3. The fourth-order valence-corrected chi connectivity index (χ4v) is 4.87. The van der Waals surface area contributed by atoms with Gasteiger partial charge in [0, 0.05) is 55.6 Å². The zero-order valence-corrected chi connectivity index (χ0v) is 16.6. The molecule has 0 amide bonds. The molecule has 5 rings (SSSR count). The van der Waals surface area contributed by atoms with Gasteiger partial charge in [0.05, 0.1) is 24.1 Å². The first-order chi connectivity index (χ1) is 14.6. The Labute approximate surface area is 173 Å². The number of piperidine rings is 1. The quantitative estimate of drug-likeness (QED) is 0.596. The zero-order chi connectivity index (χ0) is 20.7. The summed E-state index contributed by atoms with van der Waals surface area (Å²) >= 11 is 0. The van der Waals surface area contributed by atoms with Crippen LogP contribution in [0.25, 0.3) is 0 Å². The highest BCUT2D eigenvalue weighted by Crippen LogP contribution is 2.36. The number of hydrogen-bond acceptors (Lipinski definition) is 5. The van der Waals surface area contributed by atoms with Crippen LogP contribution >= 0.6 is 0 Å². The van der Waals surface area contributed by atoms with E-state index in [-0.39, 0.29) is 18.1 Å². The maximum Gasteiger partial charge on any atom is 0.128 e.